The molecule has 2 nitrogen and oxygen atoms in total. The van der Waals surface area contributed by atoms with Gasteiger partial charge >= 0.3 is 0 Å². The number of para-hydroxylation sites is 1. The zero-order chi connectivity index (χ0) is 32.6. The zero-order valence-corrected chi connectivity index (χ0v) is 27.7. The molecule has 232 valence electrons. The molecule has 0 saturated carbocycles. The second kappa shape index (κ2) is 9.56. The summed E-state index contributed by atoms with van der Waals surface area (Å²) in [5, 5.41) is 7.36. The summed E-state index contributed by atoms with van der Waals surface area (Å²) >= 11 is 1.92. The molecule has 12 rings (SSSR count). The molecule has 0 fully saturated rings. The first-order chi connectivity index (χ1) is 24.8. The Morgan fingerprint density at radius 2 is 1.16 bits per heavy atom. The standard InChI is InChI=1S/C47H27NOS/c1-2-12-30-28(11-1)21-25-40-44(30)34-23-24-39-46(45(34)48(40)29-22-26-42-35(27-29)33-15-5-9-19-41(33)49-42)50-43-20-10-8-18-38(43)47(39)36-16-6-3-13-31(36)32-14-4-7-17-37(32)47/h1-27H. The lowest BCUT2D eigenvalue weighted by atomic mass is 9.67. The number of aromatic nitrogens is 1. The molecule has 0 bridgehead atoms. The number of fused-ring (bicyclic) bond motifs is 18. The summed E-state index contributed by atoms with van der Waals surface area (Å²) in [6.45, 7) is 0. The van der Waals surface area contributed by atoms with Gasteiger partial charge in [0.1, 0.15) is 11.2 Å². The minimum absolute atomic E-state index is 0.438. The Hall–Kier alpha value is -6.03. The highest BCUT2D eigenvalue weighted by Gasteiger charge is 2.50. The quantitative estimate of drug-likeness (QED) is 0.175. The van der Waals surface area contributed by atoms with E-state index in [0.29, 0.717) is 0 Å². The topological polar surface area (TPSA) is 18.1 Å². The summed E-state index contributed by atoms with van der Waals surface area (Å²) in [7, 11) is 0. The molecule has 2 aliphatic rings. The first kappa shape index (κ1) is 26.9. The largest absolute Gasteiger partial charge is 0.456 e. The van der Waals surface area contributed by atoms with E-state index in [9.17, 15) is 0 Å². The lowest BCUT2D eigenvalue weighted by molar-refractivity contribution is 0.669. The van der Waals surface area contributed by atoms with Gasteiger partial charge in [0.15, 0.2) is 0 Å². The van der Waals surface area contributed by atoms with E-state index in [1.165, 1.54) is 75.7 Å². The normalized spacial score (nSPS) is 14.1. The molecule has 0 amide bonds. The second-order valence-corrected chi connectivity index (χ2v) is 14.6. The Kier molecular flexibility index (Phi) is 5.14. The summed E-state index contributed by atoms with van der Waals surface area (Å²) < 4.78 is 8.83. The van der Waals surface area contributed by atoms with Crippen molar-refractivity contribution >= 4 is 66.3 Å². The third kappa shape index (κ3) is 3.22. The van der Waals surface area contributed by atoms with E-state index in [1.54, 1.807) is 0 Å². The zero-order valence-electron chi connectivity index (χ0n) is 26.9. The number of hydrogen-bond acceptors (Lipinski definition) is 2. The van der Waals surface area contributed by atoms with Gasteiger partial charge in [-0.25, -0.2) is 0 Å². The predicted molar refractivity (Wildman–Crippen MR) is 207 cm³/mol. The Bertz CT molecular complexity index is 3040. The third-order valence-electron chi connectivity index (χ3n) is 11.3. The smallest absolute Gasteiger partial charge is 0.135 e. The molecular weight excluding hydrogens is 627 g/mol. The molecule has 50 heavy (non-hydrogen) atoms. The van der Waals surface area contributed by atoms with Crippen molar-refractivity contribution in [1.82, 2.24) is 4.57 Å². The highest BCUT2D eigenvalue weighted by atomic mass is 32.2. The summed E-state index contributed by atoms with van der Waals surface area (Å²) in [5.74, 6) is 0. The Morgan fingerprint density at radius 1 is 0.480 bits per heavy atom. The van der Waals surface area contributed by atoms with E-state index < -0.39 is 5.41 Å². The number of nitrogens with zero attached hydrogens (tertiary/aromatic N) is 1. The Morgan fingerprint density at radius 3 is 2.00 bits per heavy atom. The van der Waals surface area contributed by atoms with E-state index >= 15 is 0 Å². The molecule has 1 spiro atoms. The van der Waals surface area contributed by atoms with Crippen molar-refractivity contribution in [2.75, 3.05) is 0 Å². The molecule has 0 atom stereocenters. The third-order valence-corrected chi connectivity index (χ3v) is 12.4. The van der Waals surface area contributed by atoms with Crippen molar-refractivity contribution in [2.24, 2.45) is 0 Å². The van der Waals surface area contributed by atoms with Crippen LogP contribution in [0.3, 0.4) is 0 Å². The van der Waals surface area contributed by atoms with E-state index in [0.717, 1.165) is 27.6 Å². The van der Waals surface area contributed by atoms with E-state index in [-0.39, 0.29) is 0 Å². The van der Waals surface area contributed by atoms with Crippen LogP contribution in [0.4, 0.5) is 0 Å². The van der Waals surface area contributed by atoms with Gasteiger partial charge in [-0.15, -0.1) is 0 Å². The van der Waals surface area contributed by atoms with Crippen LogP contribution in [0.2, 0.25) is 0 Å². The molecule has 3 heterocycles. The van der Waals surface area contributed by atoms with Crippen molar-refractivity contribution in [3.05, 3.63) is 186 Å². The first-order valence-corrected chi connectivity index (χ1v) is 18.0. The highest BCUT2D eigenvalue weighted by molar-refractivity contribution is 7.99. The van der Waals surface area contributed by atoms with E-state index in [4.69, 9.17) is 4.42 Å². The van der Waals surface area contributed by atoms with Crippen molar-refractivity contribution in [2.45, 2.75) is 15.2 Å². The van der Waals surface area contributed by atoms with Crippen molar-refractivity contribution in [3.8, 4) is 16.8 Å². The van der Waals surface area contributed by atoms with Gasteiger partial charge in [0, 0.05) is 37.0 Å². The van der Waals surface area contributed by atoms with Crippen LogP contribution < -0.4 is 0 Å². The first-order valence-electron chi connectivity index (χ1n) is 17.2. The fourth-order valence-electron chi connectivity index (χ4n) is 9.30. The molecule has 0 N–H and O–H groups in total. The second-order valence-electron chi connectivity index (χ2n) is 13.6. The molecular formula is C47H27NOS. The number of rotatable bonds is 1. The maximum absolute atomic E-state index is 6.30. The molecule has 0 radical (unpaired) electrons. The summed E-state index contributed by atoms with van der Waals surface area (Å²) in [4.78, 5) is 2.61. The van der Waals surface area contributed by atoms with Crippen LogP contribution in [0.1, 0.15) is 22.3 Å². The minimum Gasteiger partial charge on any atom is -0.456 e. The number of benzene rings is 8. The maximum Gasteiger partial charge on any atom is 0.135 e. The molecule has 8 aromatic carbocycles. The van der Waals surface area contributed by atoms with Crippen LogP contribution in [-0.4, -0.2) is 4.57 Å². The number of hydrogen-bond donors (Lipinski definition) is 0. The van der Waals surface area contributed by atoms with Crippen LogP contribution in [0.5, 0.6) is 0 Å². The van der Waals surface area contributed by atoms with Gasteiger partial charge in [0.2, 0.25) is 0 Å². The lowest BCUT2D eigenvalue weighted by Gasteiger charge is -2.40. The average Bonchev–Trinajstić information content (AvgIpc) is 3.82. The maximum atomic E-state index is 6.30. The van der Waals surface area contributed by atoms with Gasteiger partial charge < -0.3 is 8.98 Å². The van der Waals surface area contributed by atoms with Crippen LogP contribution in [-0.2, 0) is 5.41 Å². The minimum atomic E-state index is -0.438. The van der Waals surface area contributed by atoms with Gasteiger partial charge in [-0.3, -0.25) is 0 Å². The van der Waals surface area contributed by atoms with E-state index in [1.807, 2.05) is 17.8 Å². The average molecular weight is 654 g/mol. The molecule has 1 aliphatic heterocycles. The summed E-state index contributed by atoms with van der Waals surface area (Å²) in [5.41, 5.74) is 13.0. The summed E-state index contributed by atoms with van der Waals surface area (Å²) in [6, 6.07) is 60.5. The SMILES string of the molecule is c1ccc2c(c1)Sc1c(ccc3c4c5ccccc5ccc4n(-c4ccc5oc6ccccc6c5c4)c13)C21c2ccccc2-c2ccccc21. The summed E-state index contributed by atoms with van der Waals surface area (Å²) in [6.07, 6.45) is 0. The lowest BCUT2D eigenvalue weighted by Crippen LogP contribution is -2.32. The Balaban J connectivity index is 1.28. The highest BCUT2D eigenvalue weighted by Crippen LogP contribution is 2.63. The van der Waals surface area contributed by atoms with Gasteiger partial charge in [-0.05, 0) is 80.6 Å². The Labute approximate surface area is 292 Å². The van der Waals surface area contributed by atoms with Crippen LogP contribution in [0.15, 0.2) is 178 Å². The van der Waals surface area contributed by atoms with Gasteiger partial charge in [-0.1, -0.05) is 139 Å². The van der Waals surface area contributed by atoms with E-state index in [2.05, 4.69) is 162 Å². The van der Waals surface area contributed by atoms with Crippen molar-refractivity contribution in [3.63, 3.8) is 0 Å². The van der Waals surface area contributed by atoms with Crippen LogP contribution in [0, 0.1) is 0 Å². The van der Waals surface area contributed by atoms with Gasteiger partial charge in [0.05, 0.1) is 16.4 Å². The fourth-order valence-corrected chi connectivity index (χ4v) is 10.6. The van der Waals surface area contributed by atoms with Gasteiger partial charge in [0.25, 0.3) is 0 Å². The van der Waals surface area contributed by atoms with Crippen molar-refractivity contribution < 1.29 is 4.42 Å². The molecule has 1 aliphatic carbocycles. The number of furan rings is 1. The molecule has 2 aromatic heterocycles. The van der Waals surface area contributed by atoms with Crippen molar-refractivity contribution in [1.29, 1.82) is 0 Å². The monoisotopic (exact) mass is 653 g/mol. The van der Waals surface area contributed by atoms with Crippen LogP contribution in [0.25, 0.3) is 71.3 Å². The van der Waals surface area contributed by atoms with Crippen LogP contribution >= 0.6 is 11.8 Å². The molecule has 3 heteroatoms. The molecule has 0 saturated heterocycles. The molecule has 10 aromatic rings. The fraction of sp³-hybridized carbons (Fsp3) is 0.0213. The molecule has 0 unspecified atom stereocenters. The van der Waals surface area contributed by atoms with Gasteiger partial charge in [-0.2, -0.15) is 0 Å². The predicted octanol–water partition coefficient (Wildman–Crippen LogP) is 12.7.